The van der Waals surface area contributed by atoms with E-state index in [1.54, 1.807) is 6.07 Å². The lowest BCUT2D eigenvalue weighted by Crippen LogP contribution is -2.28. The highest BCUT2D eigenvalue weighted by Gasteiger charge is 2.19. The molecular formula is C11H9ClF2N2O. The van der Waals surface area contributed by atoms with E-state index in [9.17, 15) is 8.78 Å². The van der Waals surface area contributed by atoms with Crippen molar-refractivity contribution in [1.29, 1.82) is 0 Å². The molecular weight excluding hydrogens is 250 g/mol. The van der Waals surface area contributed by atoms with Crippen molar-refractivity contribution in [3.63, 3.8) is 0 Å². The quantitative estimate of drug-likeness (QED) is 0.657. The fourth-order valence-corrected chi connectivity index (χ4v) is 1.79. The number of nitrogens with one attached hydrogen (secondary N) is 1. The molecule has 90 valence electrons. The molecule has 1 aromatic carbocycles. The van der Waals surface area contributed by atoms with Gasteiger partial charge >= 0.3 is 0 Å². The Kier molecular flexibility index (Phi) is 3.42. The van der Waals surface area contributed by atoms with Gasteiger partial charge in [-0.25, -0.2) is 14.2 Å². The van der Waals surface area contributed by atoms with Gasteiger partial charge in [0.25, 0.3) is 0 Å². The first-order chi connectivity index (χ1) is 8.13. The highest BCUT2D eigenvalue weighted by Crippen LogP contribution is 2.29. The Hall–Kier alpha value is -1.43. The van der Waals surface area contributed by atoms with Gasteiger partial charge in [0.1, 0.15) is 0 Å². The molecule has 0 spiro atoms. The van der Waals surface area contributed by atoms with Gasteiger partial charge in [-0.3, -0.25) is 5.84 Å². The smallest absolute Gasteiger partial charge is 0.198 e. The zero-order valence-electron chi connectivity index (χ0n) is 8.58. The Balaban J connectivity index is 2.42. The standard InChI is InChI=1S/C11H9ClF2N2O/c12-11-7(3-4-17-11)10(16-15)6-1-2-8(13)9(14)5-6/h1-5,10,16H,15H2. The molecule has 17 heavy (non-hydrogen) atoms. The van der Waals surface area contributed by atoms with Crippen LogP contribution in [0.3, 0.4) is 0 Å². The van der Waals surface area contributed by atoms with Crippen molar-refractivity contribution in [1.82, 2.24) is 5.43 Å². The molecule has 0 aliphatic heterocycles. The Bertz CT molecular complexity index is 530. The Labute approximate surface area is 101 Å². The maximum Gasteiger partial charge on any atom is 0.198 e. The molecule has 0 amide bonds. The van der Waals surface area contributed by atoms with E-state index in [4.69, 9.17) is 21.9 Å². The first-order valence-corrected chi connectivity index (χ1v) is 5.15. The third kappa shape index (κ3) is 2.31. The van der Waals surface area contributed by atoms with Crippen molar-refractivity contribution >= 4 is 11.6 Å². The Morgan fingerprint density at radius 2 is 2.00 bits per heavy atom. The van der Waals surface area contributed by atoms with E-state index in [0.29, 0.717) is 11.1 Å². The summed E-state index contributed by atoms with van der Waals surface area (Å²) in [5.74, 6) is 3.53. The summed E-state index contributed by atoms with van der Waals surface area (Å²) in [7, 11) is 0. The zero-order chi connectivity index (χ0) is 12.4. The monoisotopic (exact) mass is 258 g/mol. The molecule has 1 unspecified atom stereocenters. The minimum atomic E-state index is -0.942. The second-order valence-corrected chi connectivity index (χ2v) is 3.77. The van der Waals surface area contributed by atoms with Gasteiger partial charge in [-0.2, -0.15) is 0 Å². The number of hydrazine groups is 1. The van der Waals surface area contributed by atoms with Crippen molar-refractivity contribution in [2.24, 2.45) is 5.84 Å². The largest absolute Gasteiger partial charge is 0.453 e. The molecule has 3 nitrogen and oxygen atoms in total. The topological polar surface area (TPSA) is 51.2 Å². The predicted molar refractivity (Wildman–Crippen MR) is 59.2 cm³/mol. The van der Waals surface area contributed by atoms with Crippen LogP contribution in [0.15, 0.2) is 34.9 Å². The van der Waals surface area contributed by atoms with E-state index in [-0.39, 0.29) is 5.22 Å². The number of furan rings is 1. The van der Waals surface area contributed by atoms with Crippen LogP contribution in [0.1, 0.15) is 17.2 Å². The Morgan fingerprint density at radius 1 is 1.24 bits per heavy atom. The van der Waals surface area contributed by atoms with Crippen LogP contribution < -0.4 is 11.3 Å². The second kappa shape index (κ2) is 4.83. The molecule has 0 aliphatic carbocycles. The molecule has 0 saturated carbocycles. The SMILES string of the molecule is NNC(c1ccc(F)c(F)c1)c1ccoc1Cl. The van der Waals surface area contributed by atoms with Crippen molar-refractivity contribution in [3.8, 4) is 0 Å². The molecule has 2 rings (SSSR count). The molecule has 0 saturated heterocycles. The minimum Gasteiger partial charge on any atom is -0.453 e. The number of hydrogen-bond donors (Lipinski definition) is 2. The molecule has 0 aliphatic rings. The van der Waals surface area contributed by atoms with Crippen LogP contribution in [0.2, 0.25) is 5.22 Å². The summed E-state index contributed by atoms with van der Waals surface area (Å²) < 4.78 is 30.9. The van der Waals surface area contributed by atoms with Gasteiger partial charge in [0.05, 0.1) is 12.3 Å². The lowest BCUT2D eigenvalue weighted by Gasteiger charge is -2.15. The van der Waals surface area contributed by atoms with Crippen LogP contribution in [0.25, 0.3) is 0 Å². The average Bonchev–Trinajstić information content (AvgIpc) is 2.71. The highest BCUT2D eigenvalue weighted by molar-refractivity contribution is 6.29. The number of hydrogen-bond acceptors (Lipinski definition) is 3. The lowest BCUT2D eigenvalue weighted by atomic mass is 10.0. The van der Waals surface area contributed by atoms with E-state index < -0.39 is 17.7 Å². The van der Waals surface area contributed by atoms with E-state index in [0.717, 1.165) is 12.1 Å². The molecule has 1 heterocycles. The molecule has 2 aromatic rings. The van der Waals surface area contributed by atoms with Crippen LogP contribution in [0.4, 0.5) is 8.78 Å². The van der Waals surface area contributed by atoms with E-state index in [1.165, 1.54) is 12.3 Å². The van der Waals surface area contributed by atoms with Gasteiger partial charge in [0, 0.05) is 5.56 Å². The second-order valence-electron chi connectivity index (χ2n) is 3.42. The summed E-state index contributed by atoms with van der Waals surface area (Å²) in [5.41, 5.74) is 3.48. The molecule has 1 atom stereocenters. The first-order valence-electron chi connectivity index (χ1n) is 4.77. The summed E-state index contributed by atoms with van der Waals surface area (Å²) in [6.45, 7) is 0. The maximum atomic E-state index is 13.1. The van der Waals surface area contributed by atoms with Gasteiger partial charge in [-0.05, 0) is 35.4 Å². The fraction of sp³-hybridized carbons (Fsp3) is 0.0909. The van der Waals surface area contributed by atoms with Gasteiger partial charge < -0.3 is 4.42 Å². The fourth-order valence-electron chi connectivity index (χ4n) is 1.57. The average molecular weight is 259 g/mol. The summed E-state index contributed by atoms with van der Waals surface area (Å²) in [4.78, 5) is 0. The summed E-state index contributed by atoms with van der Waals surface area (Å²) >= 11 is 5.80. The van der Waals surface area contributed by atoms with Crippen molar-refractivity contribution in [2.45, 2.75) is 6.04 Å². The molecule has 1 aromatic heterocycles. The summed E-state index contributed by atoms with van der Waals surface area (Å²) in [5, 5.41) is 0.151. The first kappa shape index (κ1) is 12.0. The number of benzene rings is 1. The zero-order valence-corrected chi connectivity index (χ0v) is 9.34. The van der Waals surface area contributed by atoms with Gasteiger partial charge in [-0.15, -0.1) is 0 Å². The molecule has 0 radical (unpaired) electrons. The number of nitrogens with two attached hydrogens (primary N) is 1. The van der Waals surface area contributed by atoms with Crippen LogP contribution >= 0.6 is 11.6 Å². The van der Waals surface area contributed by atoms with E-state index in [1.807, 2.05) is 0 Å². The summed E-state index contributed by atoms with van der Waals surface area (Å²) in [6, 6.07) is 4.56. The maximum absolute atomic E-state index is 13.1. The lowest BCUT2D eigenvalue weighted by molar-refractivity contribution is 0.503. The van der Waals surface area contributed by atoms with Gasteiger partial charge in [-0.1, -0.05) is 6.07 Å². The van der Waals surface area contributed by atoms with Crippen LogP contribution in [-0.4, -0.2) is 0 Å². The predicted octanol–water partition coefficient (Wildman–Crippen LogP) is 2.76. The van der Waals surface area contributed by atoms with Crippen molar-refractivity contribution in [3.05, 3.63) is 58.5 Å². The van der Waals surface area contributed by atoms with Crippen molar-refractivity contribution in [2.75, 3.05) is 0 Å². The van der Waals surface area contributed by atoms with E-state index >= 15 is 0 Å². The third-order valence-corrected chi connectivity index (χ3v) is 2.71. The number of rotatable bonds is 3. The molecule has 0 bridgehead atoms. The van der Waals surface area contributed by atoms with Crippen LogP contribution in [0.5, 0.6) is 0 Å². The molecule has 3 N–H and O–H groups in total. The Morgan fingerprint density at radius 3 is 2.53 bits per heavy atom. The van der Waals surface area contributed by atoms with Crippen LogP contribution in [0, 0.1) is 11.6 Å². The highest BCUT2D eigenvalue weighted by atomic mass is 35.5. The molecule has 6 heteroatoms. The number of halogens is 3. The third-order valence-electron chi connectivity index (χ3n) is 2.40. The van der Waals surface area contributed by atoms with Gasteiger partial charge in [0.15, 0.2) is 16.9 Å². The van der Waals surface area contributed by atoms with Crippen molar-refractivity contribution < 1.29 is 13.2 Å². The molecule has 0 fully saturated rings. The minimum absolute atomic E-state index is 0.151. The normalized spacial score (nSPS) is 12.7. The van der Waals surface area contributed by atoms with Gasteiger partial charge in [0.2, 0.25) is 0 Å². The van der Waals surface area contributed by atoms with Crippen LogP contribution in [-0.2, 0) is 0 Å². The summed E-state index contributed by atoms with van der Waals surface area (Å²) in [6.07, 6.45) is 1.39. The van der Waals surface area contributed by atoms with E-state index in [2.05, 4.69) is 5.43 Å².